The fourth-order valence-corrected chi connectivity index (χ4v) is 2.58. The maximum Gasteiger partial charge on any atom is 0.150 e. The van der Waals surface area contributed by atoms with Crippen molar-refractivity contribution >= 4 is 9.84 Å². The third kappa shape index (κ3) is 3.58. The summed E-state index contributed by atoms with van der Waals surface area (Å²) >= 11 is 0. The van der Waals surface area contributed by atoms with Gasteiger partial charge in [-0.2, -0.15) is 0 Å². The zero-order chi connectivity index (χ0) is 10.8. The van der Waals surface area contributed by atoms with E-state index in [1.165, 1.54) is 0 Å². The average molecular weight is 220 g/mol. The van der Waals surface area contributed by atoms with Gasteiger partial charge < -0.3 is 5.11 Å². The molecule has 0 aromatic carbocycles. The number of hydrogen-bond donors (Lipinski definition) is 1. The van der Waals surface area contributed by atoms with Crippen LogP contribution in [0.2, 0.25) is 0 Å². The molecule has 0 saturated heterocycles. The Morgan fingerprint density at radius 3 is 2.43 bits per heavy atom. The summed E-state index contributed by atoms with van der Waals surface area (Å²) in [4.78, 5) is 0. The van der Waals surface area contributed by atoms with Gasteiger partial charge in [0.2, 0.25) is 0 Å². The van der Waals surface area contributed by atoms with Gasteiger partial charge in [0.05, 0.1) is 11.4 Å². The highest BCUT2D eigenvalue weighted by Crippen LogP contribution is 2.41. The van der Waals surface area contributed by atoms with E-state index in [0.29, 0.717) is 18.8 Å². The lowest BCUT2D eigenvalue weighted by Gasteiger charge is -2.22. The molecule has 0 spiro atoms. The minimum absolute atomic E-state index is 0.207. The van der Waals surface area contributed by atoms with Crippen LogP contribution in [0.4, 0.5) is 0 Å². The summed E-state index contributed by atoms with van der Waals surface area (Å²) in [7, 11) is -2.86. The van der Waals surface area contributed by atoms with Crippen LogP contribution in [-0.2, 0) is 9.84 Å². The first-order valence-corrected chi connectivity index (χ1v) is 7.12. The second kappa shape index (κ2) is 4.19. The monoisotopic (exact) mass is 220 g/mol. The normalized spacial score (nSPS) is 21.9. The van der Waals surface area contributed by atoms with E-state index in [1.54, 1.807) is 6.92 Å². The van der Waals surface area contributed by atoms with Crippen LogP contribution in [0.1, 0.15) is 39.5 Å². The largest absolute Gasteiger partial charge is 0.390 e. The highest BCUT2D eigenvalue weighted by atomic mass is 32.2. The van der Waals surface area contributed by atoms with E-state index in [-0.39, 0.29) is 11.5 Å². The van der Waals surface area contributed by atoms with Gasteiger partial charge in [-0.3, -0.25) is 0 Å². The molecule has 1 aliphatic rings. The number of rotatable bonds is 6. The third-order valence-corrected chi connectivity index (χ3v) is 4.83. The Hall–Kier alpha value is -0.0900. The Morgan fingerprint density at radius 1 is 1.43 bits per heavy atom. The first-order valence-electron chi connectivity index (χ1n) is 5.30. The summed E-state index contributed by atoms with van der Waals surface area (Å²) in [5.74, 6) is 0.831. The Morgan fingerprint density at radius 2 is 2.00 bits per heavy atom. The molecule has 0 heterocycles. The first kappa shape index (κ1) is 12.0. The van der Waals surface area contributed by atoms with Crippen LogP contribution in [-0.4, -0.2) is 30.6 Å². The molecule has 3 nitrogen and oxygen atoms in total. The Kier molecular flexibility index (Phi) is 3.58. The van der Waals surface area contributed by atoms with Crippen molar-refractivity contribution in [3.05, 3.63) is 0 Å². The lowest BCUT2D eigenvalue weighted by molar-refractivity contribution is 0.0276. The van der Waals surface area contributed by atoms with E-state index in [4.69, 9.17) is 0 Å². The summed E-state index contributed by atoms with van der Waals surface area (Å²) < 4.78 is 22.4. The molecule has 1 unspecified atom stereocenters. The molecule has 0 bridgehead atoms. The Balaban J connectivity index is 2.27. The predicted octanol–water partition coefficient (Wildman–Crippen LogP) is 1.36. The van der Waals surface area contributed by atoms with Crippen molar-refractivity contribution in [3.8, 4) is 0 Å². The van der Waals surface area contributed by atoms with Crippen molar-refractivity contribution < 1.29 is 13.5 Å². The molecular formula is C10H20O3S. The van der Waals surface area contributed by atoms with E-state index in [1.807, 2.05) is 6.92 Å². The molecule has 14 heavy (non-hydrogen) atoms. The van der Waals surface area contributed by atoms with Gasteiger partial charge in [-0.15, -0.1) is 0 Å². The van der Waals surface area contributed by atoms with Crippen molar-refractivity contribution in [2.75, 3.05) is 11.5 Å². The van der Waals surface area contributed by atoms with Crippen molar-refractivity contribution in [2.24, 2.45) is 5.92 Å². The smallest absolute Gasteiger partial charge is 0.150 e. The molecule has 0 amide bonds. The molecule has 1 saturated carbocycles. The van der Waals surface area contributed by atoms with E-state index in [9.17, 15) is 13.5 Å². The third-order valence-electron chi connectivity index (χ3n) is 3.03. The molecule has 0 aromatic rings. The molecular weight excluding hydrogens is 200 g/mol. The lowest BCUT2D eigenvalue weighted by atomic mass is 9.95. The van der Waals surface area contributed by atoms with Crippen LogP contribution in [0.5, 0.6) is 0 Å². The van der Waals surface area contributed by atoms with Gasteiger partial charge in [0, 0.05) is 5.75 Å². The second-order valence-corrected chi connectivity index (χ2v) is 6.94. The van der Waals surface area contributed by atoms with Crippen LogP contribution in [0.25, 0.3) is 0 Å². The number of hydrogen-bond acceptors (Lipinski definition) is 3. The molecule has 1 aliphatic carbocycles. The molecule has 1 N–H and O–H groups in total. The molecule has 1 rings (SSSR count). The molecule has 0 aromatic heterocycles. The maximum absolute atomic E-state index is 11.2. The lowest BCUT2D eigenvalue weighted by Crippen LogP contribution is -2.27. The summed E-state index contributed by atoms with van der Waals surface area (Å²) in [5.41, 5.74) is -0.636. The van der Waals surface area contributed by atoms with Crippen molar-refractivity contribution in [3.63, 3.8) is 0 Å². The second-order valence-electron chi connectivity index (χ2n) is 4.47. The van der Waals surface area contributed by atoms with Crippen LogP contribution in [0, 0.1) is 5.92 Å². The van der Waals surface area contributed by atoms with Gasteiger partial charge in [0.25, 0.3) is 0 Å². The van der Waals surface area contributed by atoms with Gasteiger partial charge >= 0.3 is 0 Å². The standard InChI is InChI=1S/C10H20O3S/c1-3-14(12,13)8-4-7-10(2,11)9-5-6-9/h9,11H,3-8H2,1-2H3. The Bertz CT molecular complexity index is 276. The van der Waals surface area contributed by atoms with Crippen LogP contribution in [0.3, 0.4) is 0 Å². The molecule has 1 fully saturated rings. The Labute approximate surface area is 86.4 Å². The predicted molar refractivity (Wildman–Crippen MR) is 56.9 cm³/mol. The van der Waals surface area contributed by atoms with E-state index >= 15 is 0 Å². The highest BCUT2D eigenvalue weighted by molar-refractivity contribution is 7.91. The van der Waals surface area contributed by atoms with Gasteiger partial charge in [-0.1, -0.05) is 6.92 Å². The van der Waals surface area contributed by atoms with Crippen LogP contribution < -0.4 is 0 Å². The SMILES string of the molecule is CCS(=O)(=O)CCCC(C)(O)C1CC1. The molecule has 84 valence electrons. The fraction of sp³-hybridized carbons (Fsp3) is 1.00. The molecule has 0 radical (unpaired) electrons. The van der Waals surface area contributed by atoms with Gasteiger partial charge in [0.15, 0.2) is 0 Å². The van der Waals surface area contributed by atoms with Crippen molar-refractivity contribution in [1.82, 2.24) is 0 Å². The summed E-state index contributed by atoms with van der Waals surface area (Å²) in [6, 6.07) is 0. The quantitative estimate of drug-likeness (QED) is 0.735. The molecule has 0 aliphatic heterocycles. The van der Waals surface area contributed by atoms with E-state index in [2.05, 4.69) is 0 Å². The summed E-state index contributed by atoms with van der Waals surface area (Å²) in [6.45, 7) is 3.48. The minimum atomic E-state index is -2.86. The van der Waals surface area contributed by atoms with E-state index < -0.39 is 15.4 Å². The van der Waals surface area contributed by atoms with E-state index in [0.717, 1.165) is 12.8 Å². The topological polar surface area (TPSA) is 54.4 Å². The molecule has 1 atom stereocenters. The average Bonchev–Trinajstić information content (AvgIpc) is 2.85. The van der Waals surface area contributed by atoms with Crippen LogP contribution >= 0.6 is 0 Å². The maximum atomic E-state index is 11.2. The molecule has 4 heteroatoms. The van der Waals surface area contributed by atoms with Gasteiger partial charge in [0.1, 0.15) is 9.84 Å². The van der Waals surface area contributed by atoms with Gasteiger partial charge in [-0.25, -0.2) is 8.42 Å². The fourth-order valence-electron chi connectivity index (χ4n) is 1.70. The zero-order valence-corrected chi connectivity index (χ0v) is 9.81. The van der Waals surface area contributed by atoms with Crippen molar-refractivity contribution in [2.45, 2.75) is 45.1 Å². The van der Waals surface area contributed by atoms with Gasteiger partial charge in [-0.05, 0) is 38.5 Å². The number of sulfone groups is 1. The number of aliphatic hydroxyl groups is 1. The van der Waals surface area contributed by atoms with Crippen LogP contribution in [0.15, 0.2) is 0 Å². The summed E-state index contributed by atoms with van der Waals surface area (Å²) in [5, 5.41) is 9.93. The van der Waals surface area contributed by atoms with Crippen molar-refractivity contribution in [1.29, 1.82) is 0 Å². The first-order chi connectivity index (χ1) is 6.37. The minimum Gasteiger partial charge on any atom is -0.390 e. The highest BCUT2D eigenvalue weighted by Gasteiger charge is 2.39. The summed E-state index contributed by atoms with van der Waals surface area (Å²) in [6.07, 6.45) is 3.37. The zero-order valence-electron chi connectivity index (χ0n) is 8.99.